The van der Waals surface area contributed by atoms with Crippen LogP contribution in [0.15, 0.2) is 48.8 Å². The summed E-state index contributed by atoms with van der Waals surface area (Å²) in [5, 5.41) is 5.96. The predicted molar refractivity (Wildman–Crippen MR) is 79.1 cm³/mol. The van der Waals surface area contributed by atoms with Crippen LogP contribution in [0.3, 0.4) is 0 Å². The molecule has 4 N–H and O–H groups in total. The molecule has 1 aromatic carbocycles. The molecule has 5 nitrogen and oxygen atoms in total. The van der Waals surface area contributed by atoms with Gasteiger partial charge in [0, 0.05) is 30.7 Å². The third kappa shape index (κ3) is 4.07. The zero-order valence-corrected chi connectivity index (χ0v) is 11.3. The van der Waals surface area contributed by atoms with Crippen molar-refractivity contribution in [2.45, 2.75) is 19.5 Å². The number of amides is 2. The monoisotopic (exact) mass is 270 g/mol. The van der Waals surface area contributed by atoms with Crippen molar-refractivity contribution in [3.05, 3.63) is 59.9 Å². The average molecular weight is 270 g/mol. The maximum Gasteiger partial charge on any atom is 0.316 e. The number of nitrogens with two attached hydrogens (primary N) is 1. The molecule has 5 heteroatoms. The van der Waals surface area contributed by atoms with E-state index < -0.39 is 6.03 Å². The van der Waals surface area contributed by atoms with Crippen molar-refractivity contribution in [2.24, 2.45) is 5.73 Å². The molecule has 0 aliphatic heterocycles. The minimum absolute atomic E-state index is 0.206. The summed E-state index contributed by atoms with van der Waals surface area (Å²) in [6.07, 6.45) is 3.61. The van der Waals surface area contributed by atoms with E-state index in [1.807, 2.05) is 42.6 Å². The van der Waals surface area contributed by atoms with Gasteiger partial charge in [-0.25, -0.2) is 4.79 Å². The number of carbonyl (C=O) groups excluding carboxylic acids is 1. The van der Waals surface area contributed by atoms with E-state index in [1.165, 1.54) is 0 Å². The van der Waals surface area contributed by atoms with Crippen molar-refractivity contribution in [3.63, 3.8) is 0 Å². The minimum Gasteiger partial charge on any atom is -0.351 e. The van der Waals surface area contributed by atoms with Crippen LogP contribution in [0.2, 0.25) is 0 Å². The number of pyridine rings is 1. The molecule has 0 saturated carbocycles. The third-order valence-corrected chi connectivity index (χ3v) is 3.01. The van der Waals surface area contributed by atoms with E-state index in [2.05, 4.69) is 22.5 Å². The summed E-state index contributed by atoms with van der Waals surface area (Å²) in [4.78, 5) is 14.8. The first kappa shape index (κ1) is 14.0. The van der Waals surface area contributed by atoms with Crippen LogP contribution in [-0.4, -0.2) is 11.0 Å². The summed E-state index contributed by atoms with van der Waals surface area (Å²) in [5.41, 5.74) is 8.05. The largest absolute Gasteiger partial charge is 0.351 e. The summed E-state index contributed by atoms with van der Waals surface area (Å²) in [6, 6.07) is 11.2. The molecular formula is C15H18N4O. The van der Waals surface area contributed by atoms with Crippen LogP contribution in [0.1, 0.15) is 24.1 Å². The SMILES string of the molecule is CC(NCc1cccnc1)c1ccc(NC(N)=O)cc1. The molecule has 1 heterocycles. The van der Waals surface area contributed by atoms with Crippen molar-refractivity contribution in [3.8, 4) is 0 Å². The molecule has 104 valence electrons. The van der Waals surface area contributed by atoms with Crippen LogP contribution in [0, 0.1) is 0 Å². The Morgan fingerprint density at radius 2 is 2.05 bits per heavy atom. The number of nitrogens with one attached hydrogen (secondary N) is 2. The Labute approximate surface area is 118 Å². The molecule has 2 rings (SSSR count). The van der Waals surface area contributed by atoms with Gasteiger partial charge in [-0.3, -0.25) is 4.98 Å². The number of carbonyl (C=O) groups is 1. The van der Waals surface area contributed by atoms with Gasteiger partial charge in [0.2, 0.25) is 0 Å². The van der Waals surface area contributed by atoms with Crippen molar-refractivity contribution in [2.75, 3.05) is 5.32 Å². The lowest BCUT2D eigenvalue weighted by Gasteiger charge is -2.14. The van der Waals surface area contributed by atoms with Crippen LogP contribution in [0.25, 0.3) is 0 Å². The van der Waals surface area contributed by atoms with Gasteiger partial charge < -0.3 is 16.4 Å². The Morgan fingerprint density at radius 1 is 1.30 bits per heavy atom. The molecule has 0 bridgehead atoms. The number of rotatable bonds is 5. The first-order valence-electron chi connectivity index (χ1n) is 6.44. The summed E-state index contributed by atoms with van der Waals surface area (Å²) < 4.78 is 0. The molecule has 1 atom stereocenters. The molecule has 2 aromatic rings. The van der Waals surface area contributed by atoms with E-state index in [4.69, 9.17) is 5.73 Å². The lowest BCUT2D eigenvalue weighted by Crippen LogP contribution is -2.20. The highest BCUT2D eigenvalue weighted by atomic mass is 16.2. The van der Waals surface area contributed by atoms with E-state index in [0.717, 1.165) is 17.7 Å². The van der Waals surface area contributed by atoms with E-state index in [1.54, 1.807) is 6.20 Å². The molecule has 1 unspecified atom stereocenters. The van der Waals surface area contributed by atoms with Gasteiger partial charge in [-0.05, 0) is 36.2 Å². The predicted octanol–water partition coefficient (Wildman–Crippen LogP) is 2.42. The highest BCUT2D eigenvalue weighted by molar-refractivity contribution is 5.87. The topological polar surface area (TPSA) is 80.0 Å². The normalized spacial score (nSPS) is 11.8. The Bertz CT molecular complexity index is 554. The van der Waals surface area contributed by atoms with Gasteiger partial charge in [-0.15, -0.1) is 0 Å². The van der Waals surface area contributed by atoms with E-state index in [9.17, 15) is 4.79 Å². The molecule has 0 spiro atoms. The fourth-order valence-corrected chi connectivity index (χ4v) is 1.89. The van der Waals surface area contributed by atoms with E-state index in [-0.39, 0.29) is 6.04 Å². The maximum atomic E-state index is 10.7. The van der Waals surface area contributed by atoms with Gasteiger partial charge in [0.05, 0.1) is 0 Å². The van der Waals surface area contributed by atoms with Crippen molar-refractivity contribution >= 4 is 11.7 Å². The molecule has 0 saturated heterocycles. The molecule has 0 aliphatic rings. The Kier molecular flexibility index (Phi) is 4.68. The number of hydrogen-bond acceptors (Lipinski definition) is 3. The lowest BCUT2D eigenvalue weighted by atomic mass is 10.1. The summed E-state index contributed by atoms with van der Waals surface area (Å²) >= 11 is 0. The van der Waals surface area contributed by atoms with Gasteiger partial charge in [-0.2, -0.15) is 0 Å². The number of aromatic nitrogens is 1. The third-order valence-electron chi connectivity index (χ3n) is 3.01. The molecule has 2 amide bonds. The summed E-state index contributed by atoms with van der Waals surface area (Å²) in [7, 11) is 0. The van der Waals surface area contributed by atoms with Crippen LogP contribution in [0.5, 0.6) is 0 Å². The van der Waals surface area contributed by atoms with Gasteiger partial charge in [0.1, 0.15) is 0 Å². The Morgan fingerprint density at radius 3 is 2.65 bits per heavy atom. The van der Waals surface area contributed by atoms with Crippen LogP contribution < -0.4 is 16.4 Å². The number of benzene rings is 1. The second-order valence-electron chi connectivity index (χ2n) is 4.58. The lowest BCUT2D eigenvalue weighted by molar-refractivity contribution is 0.259. The van der Waals surface area contributed by atoms with Crippen LogP contribution >= 0.6 is 0 Å². The number of anilines is 1. The van der Waals surface area contributed by atoms with Crippen LogP contribution in [0.4, 0.5) is 10.5 Å². The zero-order chi connectivity index (χ0) is 14.4. The second-order valence-corrected chi connectivity index (χ2v) is 4.58. The quantitative estimate of drug-likeness (QED) is 0.780. The van der Waals surface area contributed by atoms with Crippen molar-refractivity contribution < 1.29 is 4.79 Å². The fraction of sp³-hybridized carbons (Fsp3) is 0.200. The summed E-state index contributed by atoms with van der Waals surface area (Å²) in [6.45, 7) is 2.85. The summed E-state index contributed by atoms with van der Waals surface area (Å²) in [5.74, 6) is 0. The van der Waals surface area contributed by atoms with Crippen molar-refractivity contribution in [1.82, 2.24) is 10.3 Å². The van der Waals surface area contributed by atoms with Crippen LogP contribution in [-0.2, 0) is 6.54 Å². The number of urea groups is 1. The maximum absolute atomic E-state index is 10.7. The highest BCUT2D eigenvalue weighted by Crippen LogP contribution is 2.16. The molecular weight excluding hydrogens is 252 g/mol. The molecule has 0 radical (unpaired) electrons. The molecule has 20 heavy (non-hydrogen) atoms. The Hall–Kier alpha value is -2.40. The van der Waals surface area contributed by atoms with E-state index in [0.29, 0.717) is 5.69 Å². The van der Waals surface area contributed by atoms with E-state index >= 15 is 0 Å². The number of primary amides is 1. The van der Waals surface area contributed by atoms with Gasteiger partial charge >= 0.3 is 6.03 Å². The molecule has 1 aromatic heterocycles. The first-order chi connectivity index (χ1) is 9.65. The number of nitrogens with zero attached hydrogens (tertiary/aromatic N) is 1. The standard InChI is InChI=1S/C15H18N4O/c1-11(18-10-12-3-2-8-17-9-12)13-4-6-14(7-5-13)19-15(16)20/h2-9,11,18H,10H2,1H3,(H3,16,19,20). The van der Waals surface area contributed by atoms with Crippen molar-refractivity contribution in [1.29, 1.82) is 0 Å². The molecule has 0 aliphatic carbocycles. The highest BCUT2D eigenvalue weighted by Gasteiger charge is 2.05. The second kappa shape index (κ2) is 6.68. The molecule has 0 fully saturated rings. The average Bonchev–Trinajstić information content (AvgIpc) is 2.46. The zero-order valence-electron chi connectivity index (χ0n) is 11.3. The van der Waals surface area contributed by atoms with Gasteiger partial charge in [0.15, 0.2) is 0 Å². The minimum atomic E-state index is -0.555. The fourth-order valence-electron chi connectivity index (χ4n) is 1.89. The number of hydrogen-bond donors (Lipinski definition) is 3. The smallest absolute Gasteiger partial charge is 0.316 e. The van der Waals surface area contributed by atoms with Gasteiger partial charge in [-0.1, -0.05) is 18.2 Å². The van der Waals surface area contributed by atoms with Gasteiger partial charge in [0.25, 0.3) is 0 Å². The Balaban J connectivity index is 1.92. The first-order valence-corrected chi connectivity index (χ1v) is 6.44.